The highest BCUT2D eigenvalue weighted by Crippen LogP contribution is 2.31. The zero-order chi connectivity index (χ0) is 24.1. The van der Waals surface area contributed by atoms with Crippen molar-refractivity contribution in [1.82, 2.24) is 15.2 Å². The topological polar surface area (TPSA) is 123 Å². The van der Waals surface area contributed by atoms with Crippen LogP contribution < -0.4 is 16.4 Å². The Morgan fingerprint density at radius 3 is 2.38 bits per heavy atom. The lowest BCUT2D eigenvalue weighted by Gasteiger charge is -2.26. The lowest BCUT2D eigenvalue weighted by Crippen LogP contribution is -2.41. The lowest BCUT2D eigenvalue weighted by atomic mass is 10.2. The van der Waals surface area contributed by atoms with Gasteiger partial charge in [-0.25, -0.2) is 13.8 Å². The molecular formula is C23H23F2N5O4. The lowest BCUT2D eigenvalue weighted by molar-refractivity contribution is 0.0383. The van der Waals surface area contributed by atoms with E-state index in [0.29, 0.717) is 31.0 Å². The van der Waals surface area contributed by atoms with Crippen LogP contribution in [0, 0.1) is 11.6 Å². The van der Waals surface area contributed by atoms with E-state index in [2.05, 4.69) is 20.5 Å². The first-order chi connectivity index (χ1) is 16.4. The molecule has 4 N–H and O–H groups in total. The van der Waals surface area contributed by atoms with Crippen LogP contribution >= 0.6 is 0 Å². The van der Waals surface area contributed by atoms with E-state index in [1.807, 2.05) is 0 Å². The summed E-state index contributed by atoms with van der Waals surface area (Å²) in [5.41, 5.74) is 5.41. The molecule has 1 aromatic heterocycles. The van der Waals surface area contributed by atoms with Crippen LogP contribution in [0.4, 0.5) is 20.4 Å². The van der Waals surface area contributed by atoms with Gasteiger partial charge >= 0.3 is 0 Å². The fraction of sp³-hybridized carbons (Fsp3) is 0.261. The fourth-order valence-corrected chi connectivity index (χ4v) is 3.47. The molecule has 0 radical (unpaired) electrons. The second kappa shape index (κ2) is 10.4. The van der Waals surface area contributed by atoms with E-state index in [-0.39, 0.29) is 17.5 Å². The van der Waals surface area contributed by atoms with Crippen molar-refractivity contribution in [1.29, 1.82) is 0 Å². The van der Waals surface area contributed by atoms with Gasteiger partial charge in [-0.2, -0.15) is 0 Å². The average Bonchev–Trinajstić information content (AvgIpc) is 3.23. The van der Waals surface area contributed by atoms with Crippen LogP contribution in [-0.2, 0) is 4.74 Å². The van der Waals surface area contributed by atoms with E-state index in [1.165, 1.54) is 6.07 Å². The van der Waals surface area contributed by atoms with Crippen molar-refractivity contribution in [3.63, 3.8) is 0 Å². The van der Waals surface area contributed by atoms with Crippen molar-refractivity contribution >= 4 is 23.4 Å². The number of nitrogens with zero attached hydrogens (tertiary/aromatic N) is 2. The van der Waals surface area contributed by atoms with Gasteiger partial charge < -0.3 is 25.5 Å². The van der Waals surface area contributed by atoms with Gasteiger partial charge in [0.25, 0.3) is 11.8 Å². The summed E-state index contributed by atoms with van der Waals surface area (Å²) in [4.78, 5) is 30.3. The number of carbonyl (C=O) groups excluding carboxylic acids is 2. The molecule has 9 nitrogen and oxygen atoms in total. The van der Waals surface area contributed by atoms with Gasteiger partial charge in [-0.3, -0.25) is 14.5 Å². The van der Waals surface area contributed by atoms with Gasteiger partial charge in [0.1, 0.15) is 17.2 Å². The Morgan fingerprint density at radius 1 is 1.06 bits per heavy atom. The number of nitrogens with two attached hydrogens (primary N) is 1. The van der Waals surface area contributed by atoms with Gasteiger partial charge in [0.05, 0.1) is 13.2 Å². The normalized spacial score (nSPS) is 14.1. The van der Waals surface area contributed by atoms with Crippen molar-refractivity contribution in [2.24, 2.45) is 5.73 Å². The predicted octanol–water partition coefficient (Wildman–Crippen LogP) is 2.52. The SMILES string of the molecule is NC(=O)c1nc(-c2c(F)cccc2F)oc1Nc1ccc(C(=O)NCCN2CCOCC2)cc1. The number of nitrogens with one attached hydrogen (secondary N) is 2. The number of morpholine rings is 1. The van der Waals surface area contributed by atoms with Crippen molar-refractivity contribution in [3.8, 4) is 11.5 Å². The summed E-state index contributed by atoms with van der Waals surface area (Å²) in [7, 11) is 0. The molecule has 2 heterocycles. The number of amides is 2. The monoisotopic (exact) mass is 471 g/mol. The summed E-state index contributed by atoms with van der Waals surface area (Å²) in [6.07, 6.45) is 0. The van der Waals surface area contributed by atoms with Crippen molar-refractivity contribution in [2.75, 3.05) is 44.7 Å². The number of anilines is 2. The third kappa shape index (κ3) is 5.38. The van der Waals surface area contributed by atoms with Gasteiger partial charge in [0.2, 0.25) is 11.8 Å². The summed E-state index contributed by atoms with van der Waals surface area (Å²) in [5, 5.41) is 5.68. The number of carbonyl (C=O) groups is 2. The van der Waals surface area contributed by atoms with Crippen LogP contribution in [-0.4, -0.2) is 61.1 Å². The van der Waals surface area contributed by atoms with Crippen LogP contribution in [0.15, 0.2) is 46.9 Å². The largest absolute Gasteiger partial charge is 0.419 e. The highest BCUT2D eigenvalue weighted by molar-refractivity contribution is 5.97. The summed E-state index contributed by atoms with van der Waals surface area (Å²) >= 11 is 0. The Balaban J connectivity index is 1.43. The number of benzene rings is 2. The van der Waals surface area contributed by atoms with Gasteiger partial charge in [0, 0.05) is 37.4 Å². The van der Waals surface area contributed by atoms with Crippen molar-refractivity contribution in [2.45, 2.75) is 0 Å². The van der Waals surface area contributed by atoms with Gasteiger partial charge in [-0.1, -0.05) is 6.07 Å². The molecule has 2 amide bonds. The molecule has 1 aliphatic rings. The van der Waals surface area contributed by atoms with Crippen LogP contribution in [0.25, 0.3) is 11.5 Å². The molecule has 0 atom stereocenters. The molecule has 0 saturated carbocycles. The molecule has 1 saturated heterocycles. The number of halogens is 2. The Morgan fingerprint density at radius 2 is 1.74 bits per heavy atom. The Hall–Kier alpha value is -3.83. The van der Waals surface area contributed by atoms with E-state index in [1.54, 1.807) is 24.3 Å². The maximum Gasteiger partial charge on any atom is 0.273 e. The first-order valence-electron chi connectivity index (χ1n) is 10.6. The highest BCUT2D eigenvalue weighted by Gasteiger charge is 2.23. The molecule has 0 aliphatic carbocycles. The molecule has 0 unspecified atom stereocenters. The van der Waals surface area contributed by atoms with Crippen LogP contribution in [0.3, 0.4) is 0 Å². The minimum absolute atomic E-state index is 0.173. The second-order valence-electron chi connectivity index (χ2n) is 7.57. The number of ether oxygens (including phenoxy) is 1. The third-order valence-electron chi connectivity index (χ3n) is 5.26. The predicted molar refractivity (Wildman–Crippen MR) is 120 cm³/mol. The van der Waals surface area contributed by atoms with E-state index >= 15 is 0 Å². The Kier molecular flexibility index (Phi) is 7.14. The van der Waals surface area contributed by atoms with Crippen molar-refractivity contribution in [3.05, 3.63) is 65.4 Å². The molecular weight excluding hydrogens is 448 g/mol. The molecule has 2 aromatic carbocycles. The molecule has 0 spiro atoms. The van der Waals surface area contributed by atoms with Gasteiger partial charge in [0.15, 0.2) is 5.69 Å². The minimum atomic E-state index is -0.939. The zero-order valence-corrected chi connectivity index (χ0v) is 18.1. The fourth-order valence-electron chi connectivity index (χ4n) is 3.47. The molecule has 3 aromatic rings. The van der Waals surface area contributed by atoms with Crippen molar-refractivity contribution < 1.29 is 27.5 Å². The number of aromatic nitrogens is 1. The zero-order valence-electron chi connectivity index (χ0n) is 18.1. The first-order valence-corrected chi connectivity index (χ1v) is 10.6. The first kappa shape index (κ1) is 23.3. The molecule has 34 heavy (non-hydrogen) atoms. The van der Waals surface area contributed by atoms with E-state index in [0.717, 1.165) is 31.8 Å². The third-order valence-corrected chi connectivity index (χ3v) is 5.26. The Bertz CT molecular complexity index is 1160. The molecule has 11 heteroatoms. The number of hydrogen-bond acceptors (Lipinski definition) is 7. The van der Waals surface area contributed by atoms with Gasteiger partial charge in [-0.05, 0) is 36.4 Å². The van der Waals surface area contributed by atoms with E-state index in [4.69, 9.17) is 14.9 Å². The summed E-state index contributed by atoms with van der Waals surface area (Å²) < 4.78 is 38.9. The summed E-state index contributed by atoms with van der Waals surface area (Å²) in [5.74, 6) is -3.56. The quantitative estimate of drug-likeness (QED) is 0.461. The smallest absolute Gasteiger partial charge is 0.273 e. The molecule has 1 fully saturated rings. The maximum absolute atomic E-state index is 14.1. The van der Waals surface area contributed by atoms with Crippen LogP contribution in [0.2, 0.25) is 0 Å². The number of primary amides is 1. The molecule has 0 bridgehead atoms. The maximum atomic E-state index is 14.1. The minimum Gasteiger partial charge on any atom is -0.419 e. The molecule has 1 aliphatic heterocycles. The standard InChI is InChI=1S/C23H23F2N5O4/c24-16-2-1-3-17(25)18(16)22-29-19(20(26)31)23(34-22)28-15-6-4-14(5-7-15)21(32)27-8-9-30-10-12-33-13-11-30/h1-7,28H,8-13H2,(H2,26,31)(H,27,32). The highest BCUT2D eigenvalue weighted by atomic mass is 19.1. The number of oxazole rings is 1. The number of hydrogen-bond donors (Lipinski definition) is 3. The summed E-state index contributed by atoms with van der Waals surface area (Å²) in [6, 6.07) is 9.65. The van der Waals surface area contributed by atoms with E-state index < -0.39 is 29.0 Å². The summed E-state index contributed by atoms with van der Waals surface area (Å²) in [6.45, 7) is 4.33. The average molecular weight is 471 g/mol. The van der Waals surface area contributed by atoms with Gasteiger partial charge in [-0.15, -0.1) is 0 Å². The number of rotatable bonds is 8. The Labute approximate surface area is 193 Å². The van der Waals surface area contributed by atoms with Crippen LogP contribution in [0.5, 0.6) is 0 Å². The second-order valence-corrected chi connectivity index (χ2v) is 7.57. The van der Waals surface area contributed by atoms with Crippen LogP contribution in [0.1, 0.15) is 20.8 Å². The van der Waals surface area contributed by atoms with E-state index in [9.17, 15) is 18.4 Å². The molecule has 178 valence electrons. The molecule has 4 rings (SSSR count).